The fourth-order valence-corrected chi connectivity index (χ4v) is 3.29. The maximum Gasteiger partial charge on any atom is 0.256 e. The molecule has 9 heteroatoms. The van der Waals surface area contributed by atoms with Gasteiger partial charge in [-0.3, -0.25) is 9.59 Å². The Morgan fingerprint density at radius 1 is 1.29 bits per heavy atom. The molecule has 24 heavy (non-hydrogen) atoms. The zero-order valence-electron chi connectivity index (χ0n) is 13.4. The van der Waals surface area contributed by atoms with Crippen LogP contribution in [0.4, 0.5) is 5.69 Å². The van der Waals surface area contributed by atoms with Crippen LogP contribution < -0.4 is 5.32 Å². The van der Waals surface area contributed by atoms with E-state index >= 15 is 0 Å². The number of nitrogens with one attached hydrogen (secondary N) is 2. The van der Waals surface area contributed by atoms with Gasteiger partial charge in [-0.25, -0.2) is 0 Å². The number of amides is 2. The lowest BCUT2D eigenvalue weighted by molar-refractivity contribution is -0.119. The van der Waals surface area contributed by atoms with Crippen LogP contribution in [0.5, 0.6) is 0 Å². The molecule has 1 saturated heterocycles. The molecule has 3 heterocycles. The van der Waals surface area contributed by atoms with Crippen molar-refractivity contribution in [3.05, 3.63) is 23.8 Å². The van der Waals surface area contributed by atoms with Gasteiger partial charge >= 0.3 is 0 Å². The number of aromatic amines is 1. The summed E-state index contributed by atoms with van der Waals surface area (Å²) < 4.78 is 0. The Hall–Kier alpha value is -2.81. The summed E-state index contributed by atoms with van der Waals surface area (Å²) in [6.07, 6.45) is 0.635. The number of hydrogen-bond acceptors (Lipinski definition) is 6. The summed E-state index contributed by atoms with van der Waals surface area (Å²) in [5.74, 6) is 0.131. The second-order valence-electron chi connectivity index (χ2n) is 6.31. The molecule has 1 fully saturated rings. The third-order valence-electron chi connectivity index (χ3n) is 4.68. The summed E-state index contributed by atoms with van der Waals surface area (Å²) in [5, 5.41) is 16.6. The molecule has 2 N–H and O–H groups in total. The van der Waals surface area contributed by atoms with Gasteiger partial charge in [0.15, 0.2) is 0 Å². The number of anilines is 1. The Morgan fingerprint density at radius 3 is 2.83 bits per heavy atom. The molecule has 0 aliphatic carbocycles. The molecule has 1 aromatic heterocycles. The van der Waals surface area contributed by atoms with Gasteiger partial charge in [-0.2, -0.15) is 5.21 Å². The first-order valence-corrected chi connectivity index (χ1v) is 7.70. The normalized spacial score (nSPS) is 23.0. The third-order valence-corrected chi connectivity index (χ3v) is 4.68. The molecule has 2 aliphatic heterocycles. The predicted molar refractivity (Wildman–Crippen MR) is 85.2 cm³/mol. The van der Waals surface area contributed by atoms with Crippen LogP contribution in [0.3, 0.4) is 0 Å². The van der Waals surface area contributed by atoms with E-state index in [9.17, 15) is 9.59 Å². The first kappa shape index (κ1) is 14.8. The molecule has 0 saturated carbocycles. The van der Waals surface area contributed by atoms with Crippen LogP contribution in [0.25, 0.3) is 11.4 Å². The van der Waals surface area contributed by atoms with E-state index in [1.54, 1.807) is 23.1 Å². The molecule has 2 atom stereocenters. The highest BCUT2D eigenvalue weighted by molar-refractivity contribution is 6.10. The molecule has 1 aromatic carbocycles. The van der Waals surface area contributed by atoms with E-state index in [1.165, 1.54) is 0 Å². The Labute approximate surface area is 138 Å². The Kier molecular flexibility index (Phi) is 3.31. The minimum Gasteiger partial charge on any atom is -0.325 e. The molecule has 2 amide bonds. The summed E-state index contributed by atoms with van der Waals surface area (Å²) in [6.45, 7) is 0.552. The average Bonchev–Trinajstić information content (AvgIpc) is 3.22. The van der Waals surface area contributed by atoms with E-state index in [4.69, 9.17) is 0 Å². The highest BCUT2D eigenvalue weighted by Crippen LogP contribution is 2.32. The number of carbonyl (C=O) groups excluding carboxylic acids is 2. The smallest absolute Gasteiger partial charge is 0.256 e. The van der Waals surface area contributed by atoms with Gasteiger partial charge < -0.3 is 15.1 Å². The number of likely N-dealkylation sites (N-methyl/N-ethyl adjacent to an activating group) is 1. The molecule has 9 nitrogen and oxygen atoms in total. The summed E-state index contributed by atoms with van der Waals surface area (Å²) in [6, 6.07) is 4.92. The number of hydrogen-bond donors (Lipinski definition) is 2. The molecule has 2 aromatic rings. The van der Waals surface area contributed by atoms with Crippen molar-refractivity contribution >= 4 is 17.5 Å². The Bertz CT molecular complexity index is 802. The van der Waals surface area contributed by atoms with Gasteiger partial charge in [-0.15, -0.1) is 10.2 Å². The van der Waals surface area contributed by atoms with Gasteiger partial charge in [0.2, 0.25) is 11.7 Å². The highest BCUT2D eigenvalue weighted by Gasteiger charge is 2.43. The number of nitrogens with zero attached hydrogens (tertiary/aromatic N) is 5. The number of aromatic nitrogens is 4. The van der Waals surface area contributed by atoms with Crippen LogP contribution >= 0.6 is 0 Å². The van der Waals surface area contributed by atoms with Crippen LogP contribution in [0.15, 0.2) is 18.2 Å². The molecule has 0 unspecified atom stereocenters. The molecule has 4 rings (SSSR count). The number of fused-ring (bicyclic) bond motifs is 2. The Balaban J connectivity index is 1.72. The van der Waals surface area contributed by atoms with Crippen molar-refractivity contribution in [2.24, 2.45) is 0 Å². The van der Waals surface area contributed by atoms with E-state index in [0.29, 0.717) is 35.6 Å². The van der Waals surface area contributed by atoms with E-state index in [2.05, 4.69) is 30.8 Å². The van der Waals surface area contributed by atoms with Crippen molar-refractivity contribution in [1.82, 2.24) is 30.4 Å². The fraction of sp³-hybridized carbons (Fsp3) is 0.400. The number of rotatable bonds is 2. The van der Waals surface area contributed by atoms with Crippen molar-refractivity contribution in [2.75, 3.05) is 26.0 Å². The number of tetrazole rings is 1. The largest absolute Gasteiger partial charge is 0.325 e. The zero-order chi connectivity index (χ0) is 16.8. The predicted octanol–water partition coefficient (Wildman–Crippen LogP) is -0.0365. The first-order valence-electron chi connectivity index (χ1n) is 7.70. The van der Waals surface area contributed by atoms with Gasteiger partial charge in [-0.1, -0.05) is 6.07 Å². The summed E-state index contributed by atoms with van der Waals surface area (Å²) >= 11 is 0. The number of carbonyl (C=O) groups is 2. The standard InChI is InChI=1S/C15H17N7O2/c1-21(2)9-6-12-14(23)16-11-5-8(13-17-19-20-18-13)3-4-10(11)15(24)22(12)7-9/h3-5,9,12H,6-7H2,1-2H3,(H,16,23)(H,17,18,19,20)/t9-,12+/m1/s1. The minimum absolute atomic E-state index is 0.127. The second-order valence-corrected chi connectivity index (χ2v) is 6.31. The topological polar surface area (TPSA) is 107 Å². The number of H-pyrrole nitrogens is 1. The van der Waals surface area contributed by atoms with E-state index in [1.807, 2.05) is 14.1 Å². The highest BCUT2D eigenvalue weighted by atomic mass is 16.2. The van der Waals surface area contributed by atoms with E-state index in [0.717, 1.165) is 0 Å². The van der Waals surface area contributed by atoms with Crippen molar-refractivity contribution in [3.63, 3.8) is 0 Å². The van der Waals surface area contributed by atoms with Crippen LogP contribution in [0, 0.1) is 0 Å². The lowest BCUT2D eigenvalue weighted by Crippen LogP contribution is -2.40. The molecule has 0 radical (unpaired) electrons. The zero-order valence-corrected chi connectivity index (χ0v) is 13.4. The van der Waals surface area contributed by atoms with Crippen LogP contribution in [-0.4, -0.2) is 75.0 Å². The third kappa shape index (κ3) is 2.24. The molecular formula is C15H17N7O2. The lowest BCUT2D eigenvalue weighted by atomic mass is 10.1. The van der Waals surface area contributed by atoms with Gasteiger partial charge in [0.05, 0.1) is 11.3 Å². The van der Waals surface area contributed by atoms with Crippen molar-refractivity contribution in [3.8, 4) is 11.4 Å². The summed E-state index contributed by atoms with van der Waals surface area (Å²) in [5.41, 5.74) is 1.66. The lowest BCUT2D eigenvalue weighted by Gasteiger charge is -2.21. The maximum atomic E-state index is 12.9. The van der Waals surface area contributed by atoms with Crippen LogP contribution in [-0.2, 0) is 4.79 Å². The van der Waals surface area contributed by atoms with Gasteiger partial charge in [0, 0.05) is 18.2 Å². The van der Waals surface area contributed by atoms with Crippen molar-refractivity contribution in [2.45, 2.75) is 18.5 Å². The first-order chi connectivity index (χ1) is 11.5. The van der Waals surface area contributed by atoms with Gasteiger partial charge in [0.25, 0.3) is 5.91 Å². The minimum atomic E-state index is -0.439. The van der Waals surface area contributed by atoms with E-state index < -0.39 is 6.04 Å². The molecule has 124 valence electrons. The van der Waals surface area contributed by atoms with Crippen LogP contribution in [0.2, 0.25) is 0 Å². The monoisotopic (exact) mass is 327 g/mol. The van der Waals surface area contributed by atoms with Crippen molar-refractivity contribution < 1.29 is 9.59 Å². The molecular weight excluding hydrogens is 310 g/mol. The summed E-state index contributed by atoms with van der Waals surface area (Å²) in [4.78, 5) is 29.2. The molecule has 0 bridgehead atoms. The fourth-order valence-electron chi connectivity index (χ4n) is 3.29. The van der Waals surface area contributed by atoms with E-state index in [-0.39, 0.29) is 17.9 Å². The van der Waals surface area contributed by atoms with Crippen molar-refractivity contribution in [1.29, 1.82) is 0 Å². The Morgan fingerprint density at radius 2 is 2.12 bits per heavy atom. The average molecular weight is 327 g/mol. The summed E-state index contributed by atoms with van der Waals surface area (Å²) in [7, 11) is 3.93. The maximum absolute atomic E-state index is 12.9. The molecule has 2 aliphatic rings. The van der Waals surface area contributed by atoms with Gasteiger partial charge in [-0.05, 0) is 37.9 Å². The quantitative estimate of drug-likeness (QED) is 0.802. The van der Waals surface area contributed by atoms with Crippen LogP contribution in [0.1, 0.15) is 16.8 Å². The SMILES string of the molecule is CN(C)[C@@H]1C[C@H]2C(=O)Nc3cc(-c4nn[nH]n4)ccc3C(=O)N2C1. The molecule has 0 spiro atoms. The number of benzene rings is 1. The van der Waals surface area contributed by atoms with Gasteiger partial charge in [0.1, 0.15) is 6.04 Å². The second kappa shape index (κ2) is 5.38.